The fourth-order valence-corrected chi connectivity index (χ4v) is 3.15. The van der Waals surface area contributed by atoms with Crippen LogP contribution in [0.5, 0.6) is 0 Å². The summed E-state index contributed by atoms with van der Waals surface area (Å²) in [6, 6.07) is 19.1. The maximum Gasteiger partial charge on any atom is 0.226 e. The first-order chi connectivity index (χ1) is 14.5. The second-order valence-corrected chi connectivity index (χ2v) is 7.62. The molecule has 0 aliphatic heterocycles. The highest BCUT2D eigenvalue weighted by Crippen LogP contribution is 2.19. The molecule has 0 aliphatic rings. The monoisotopic (exact) mass is 405 g/mol. The minimum absolute atomic E-state index is 0.353. The van der Waals surface area contributed by atoms with Crippen LogP contribution in [-0.2, 0) is 13.0 Å². The van der Waals surface area contributed by atoms with Gasteiger partial charge in [-0.1, -0.05) is 48.0 Å². The maximum absolute atomic E-state index is 5.63. The lowest BCUT2D eigenvalue weighted by Crippen LogP contribution is -2.45. The number of oxazole rings is 1. The Bertz CT molecular complexity index is 932. The molecule has 0 amide bonds. The molecular weight excluding hydrogens is 374 g/mol. The van der Waals surface area contributed by atoms with Gasteiger partial charge in [0.05, 0.1) is 12.2 Å². The maximum atomic E-state index is 5.63. The van der Waals surface area contributed by atoms with Gasteiger partial charge < -0.3 is 20.0 Å². The van der Waals surface area contributed by atoms with Gasteiger partial charge in [-0.15, -0.1) is 0 Å². The summed E-state index contributed by atoms with van der Waals surface area (Å²) in [7, 11) is 5.98. The Morgan fingerprint density at radius 1 is 1.07 bits per heavy atom. The number of aryl methyl sites for hydroxylation is 1. The molecule has 0 aliphatic carbocycles. The third-order valence-electron chi connectivity index (χ3n) is 5.06. The Balaban J connectivity index is 1.52. The lowest BCUT2D eigenvalue weighted by molar-refractivity contribution is 0.290. The fraction of sp³-hybridized carbons (Fsp3) is 0.333. The Morgan fingerprint density at radius 2 is 1.80 bits per heavy atom. The van der Waals surface area contributed by atoms with E-state index in [1.54, 1.807) is 13.3 Å². The van der Waals surface area contributed by atoms with Crippen LogP contribution in [0.25, 0.3) is 11.5 Å². The van der Waals surface area contributed by atoms with E-state index in [4.69, 9.17) is 4.42 Å². The van der Waals surface area contributed by atoms with E-state index in [0.29, 0.717) is 18.5 Å². The molecule has 2 aromatic carbocycles. The first-order valence-electron chi connectivity index (χ1n) is 10.2. The summed E-state index contributed by atoms with van der Waals surface area (Å²) in [6.07, 6.45) is 2.66. The quantitative estimate of drug-likeness (QED) is 0.444. The molecule has 3 aromatic rings. The highest BCUT2D eigenvalue weighted by molar-refractivity contribution is 5.79. The van der Waals surface area contributed by atoms with Gasteiger partial charge in [-0.2, -0.15) is 0 Å². The predicted octanol–water partition coefficient (Wildman–Crippen LogP) is 3.49. The van der Waals surface area contributed by atoms with E-state index >= 15 is 0 Å². The number of aliphatic imine (C=N–C) groups is 1. The van der Waals surface area contributed by atoms with Gasteiger partial charge in [0.25, 0.3) is 0 Å². The molecule has 30 heavy (non-hydrogen) atoms. The van der Waals surface area contributed by atoms with Crippen LogP contribution in [0.1, 0.15) is 16.8 Å². The van der Waals surface area contributed by atoms with Crippen molar-refractivity contribution in [2.75, 3.05) is 27.7 Å². The van der Waals surface area contributed by atoms with Crippen molar-refractivity contribution in [2.24, 2.45) is 4.99 Å². The number of aromatic nitrogens is 1. The second kappa shape index (κ2) is 10.6. The first-order valence-corrected chi connectivity index (χ1v) is 10.2. The zero-order valence-electron chi connectivity index (χ0n) is 18.2. The number of hydrogen-bond acceptors (Lipinski definition) is 4. The molecule has 1 unspecified atom stereocenters. The van der Waals surface area contributed by atoms with Gasteiger partial charge in [-0.25, -0.2) is 4.98 Å². The lowest BCUT2D eigenvalue weighted by atomic mass is 10.1. The van der Waals surface area contributed by atoms with Gasteiger partial charge in [0.1, 0.15) is 6.26 Å². The van der Waals surface area contributed by atoms with Crippen LogP contribution in [0.3, 0.4) is 0 Å². The molecule has 0 spiro atoms. The van der Waals surface area contributed by atoms with Crippen LogP contribution in [-0.4, -0.2) is 49.6 Å². The van der Waals surface area contributed by atoms with Gasteiger partial charge in [0.2, 0.25) is 5.89 Å². The minimum Gasteiger partial charge on any atom is -0.444 e. The van der Waals surface area contributed by atoms with E-state index in [-0.39, 0.29) is 0 Å². The summed E-state index contributed by atoms with van der Waals surface area (Å²) < 4.78 is 5.63. The zero-order chi connectivity index (χ0) is 21.3. The normalized spacial score (nSPS) is 12.8. The first kappa shape index (κ1) is 21.6. The van der Waals surface area contributed by atoms with Gasteiger partial charge in [-0.05, 0) is 45.1 Å². The Labute approximate surface area is 179 Å². The van der Waals surface area contributed by atoms with Crippen molar-refractivity contribution in [3.8, 4) is 11.5 Å². The topological polar surface area (TPSA) is 65.7 Å². The number of guanidine groups is 1. The molecule has 0 fully saturated rings. The van der Waals surface area contributed by atoms with Crippen molar-refractivity contribution in [2.45, 2.75) is 25.9 Å². The summed E-state index contributed by atoms with van der Waals surface area (Å²) in [5.74, 6) is 1.38. The Hall–Kier alpha value is -3.12. The van der Waals surface area contributed by atoms with Crippen molar-refractivity contribution in [3.63, 3.8) is 0 Å². The van der Waals surface area contributed by atoms with Crippen LogP contribution >= 0.6 is 0 Å². The smallest absolute Gasteiger partial charge is 0.226 e. The Kier molecular flexibility index (Phi) is 7.63. The van der Waals surface area contributed by atoms with E-state index in [2.05, 4.69) is 82.9 Å². The second-order valence-electron chi connectivity index (χ2n) is 7.62. The average Bonchev–Trinajstić information content (AvgIpc) is 3.23. The number of benzene rings is 2. The summed E-state index contributed by atoms with van der Waals surface area (Å²) in [5.41, 5.74) is 4.35. The molecule has 1 aromatic heterocycles. The number of nitrogens with zero attached hydrogens (tertiary/aromatic N) is 3. The third kappa shape index (κ3) is 6.19. The SMILES string of the molecule is CN=C(NCc1coc(-c2ccc(C)cc2)n1)NCC(Cc1ccccc1)N(C)C. The summed E-state index contributed by atoms with van der Waals surface area (Å²) in [5, 5.41) is 6.74. The highest BCUT2D eigenvalue weighted by Gasteiger charge is 2.13. The standard InChI is InChI=1S/C24H31N5O/c1-18-10-12-20(13-11-18)23-28-21(17-30-23)15-26-24(25-2)27-16-22(29(3)4)14-19-8-6-5-7-9-19/h5-13,17,22H,14-16H2,1-4H3,(H2,25,26,27). The van der Waals surface area contributed by atoms with Crippen LogP contribution in [0.2, 0.25) is 0 Å². The molecule has 1 heterocycles. The molecule has 0 bridgehead atoms. The predicted molar refractivity (Wildman–Crippen MR) is 122 cm³/mol. The summed E-state index contributed by atoms with van der Waals surface area (Å²) in [6.45, 7) is 3.39. The van der Waals surface area contributed by atoms with Crippen LogP contribution in [0, 0.1) is 6.92 Å². The van der Waals surface area contributed by atoms with Crippen LogP contribution < -0.4 is 10.6 Å². The lowest BCUT2D eigenvalue weighted by Gasteiger charge is -2.25. The van der Waals surface area contributed by atoms with E-state index in [9.17, 15) is 0 Å². The number of hydrogen-bond donors (Lipinski definition) is 2. The van der Waals surface area contributed by atoms with Gasteiger partial charge in [0, 0.05) is 25.2 Å². The molecule has 6 heteroatoms. The molecule has 0 saturated heterocycles. The van der Waals surface area contributed by atoms with Crippen molar-refractivity contribution in [1.29, 1.82) is 0 Å². The minimum atomic E-state index is 0.353. The average molecular weight is 406 g/mol. The molecular formula is C24H31N5O. The molecule has 3 rings (SSSR count). The van der Waals surface area contributed by atoms with Crippen molar-refractivity contribution >= 4 is 5.96 Å². The fourth-order valence-electron chi connectivity index (χ4n) is 3.15. The molecule has 1 atom stereocenters. The Morgan fingerprint density at radius 3 is 2.47 bits per heavy atom. The van der Waals surface area contributed by atoms with Crippen LogP contribution in [0.15, 0.2) is 70.3 Å². The molecule has 0 radical (unpaired) electrons. The van der Waals surface area contributed by atoms with Crippen LogP contribution in [0.4, 0.5) is 0 Å². The van der Waals surface area contributed by atoms with Crippen molar-refractivity contribution < 1.29 is 4.42 Å². The van der Waals surface area contributed by atoms with E-state index in [0.717, 1.165) is 30.2 Å². The molecule has 0 saturated carbocycles. The molecule has 158 valence electrons. The number of nitrogens with one attached hydrogen (secondary N) is 2. The van der Waals surface area contributed by atoms with Gasteiger partial charge in [0.15, 0.2) is 5.96 Å². The van der Waals surface area contributed by atoms with Gasteiger partial charge in [-0.3, -0.25) is 4.99 Å². The third-order valence-corrected chi connectivity index (χ3v) is 5.06. The largest absolute Gasteiger partial charge is 0.444 e. The number of likely N-dealkylation sites (N-methyl/N-ethyl adjacent to an activating group) is 1. The van der Waals surface area contributed by atoms with E-state index in [1.165, 1.54) is 11.1 Å². The molecule has 6 nitrogen and oxygen atoms in total. The van der Waals surface area contributed by atoms with Gasteiger partial charge >= 0.3 is 0 Å². The number of rotatable bonds is 8. The van der Waals surface area contributed by atoms with E-state index < -0.39 is 0 Å². The van der Waals surface area contributed by atoms with E-state index in [1.807, 2.05) is 18.2 Å². The summed E-state index contributed by atoms with van der Waals surface area (Å²) in [4.78, 5) is 11.1. The zero-order valence-corrected chi connectivity index (χ0v) is 18.2. The highest BCUT2D eigenvalue weighted by atomic mass is 16.3. The van der Waals surface area contributed by atoms with Crippen molar-refractivity contribution in [3.05, 3.63) is 77.7 Å². The molecule has 2 N–H and O–H groups in total. The van der Waals surface area contributed by atoms with Crippen molar-refractivity contribution in [1.82, 2.24) is 20.5 Å². The summed E-state index contributed by atoms with van der Waals surface area (Å²) >= 11 is 0.